The lowest BCUT2D eigenvalue weighted by Gasteiger charge is -2.27. The van der Waals surface area contributed by atoms with E-state index in [1.807, 2.05) is 30.6 Å². The van der Waals surface area contributed by atoms with Gasteiger partial charge in [0, 0.05) is 50.7 Å². The van der Waals surface area contributed by atoms with Crippen molar-refractivity contribution in [1.82, 2.24) is 19.4 Å². The van der Waals surface area contributed by atoms with Crippen molar-refractivity contribution in [2.75, 3.05) is 43.9 Å². The summed E-state index contributed by atoms with van der Waals surface area (Å²) in [7, 11) is 4.11. The lowest BCUT2D eigenvalue weighted by Crippen LogP contribution is -2.38. The zero-order valence-electron chi connectivity index (χ0n) is 14.3. The van der Waals surface area contributed by atoms with E-state index in [-0.39, 0.29) is 12.1 Å². The minimum atomic E-state index is -0.296. The lowest BCUT2D eigenvalue weighted by molar-refractivity contribution is 0.191. The van der Waals surface area contributed by atoms with Crippen LogP contribution in [0.25, 0.3) is 0 Å². The van der Waals surface area contributed by atoms with Gasteiger partial charge < -0.3 is 24.8 Å². The van der Waals surface area contributed by atoms with Crippen LogP contribution in [0.3, 0.4) is 0 Å². The van der Waals surface area contributed by atoms with E-state index in [0.717, 1.165) is 37.7 Å². The normalized spacial score (nSPS) is 20.8. The van der Waals surface area contributed by atoms with Crippen LogP contribution in [0.4, 0.5) is 11.6 Å². The summed E-state index contributed by atoms with van der Waals surface area (Å²) in [6.45, 7) is 3.21. The summed E-state index contributed by atoms with van der Waals surface area (Å²) in [6, 6.07) is 6.28. The molecule has 1 aliphatic rings. The summed E-state index contributed by atoms with van der Waals surface area (Å²) < 4.78 is 2.12. The first-order valence-electron chi connectivity index (χ1n) is 8.38. The number of aromatic nitrogens is 3. The third-order valence-electron chi connectivity index (χ3n) is 4.26. The second-order valence-corrected chi connectivity index (χ2v) is 6.57. The Hall–Kier alpha value is -2.12. The minimum Gasteiger partial charge on any atom is -0.391 e. The maximum absolute atomic E-state index is 10.0. The number of rotatable bonds is 7. The first-order valence-corrected chi connectivity index (χ1v) is 8.38. The number of nitrogens with zero attached hydrogens (tertiary/aromatic N) is 5. The molecule has 0 radical (unpaired) electrons. The van der Waals surface area contributed by atoms with Gasteiger partial charge in [0.15, 0.2) is 0 Å². The fraction of sp³-hybridized carbons (Fsp3) is 0.529. The van der Waals surface area contributed by atoms with Crippen molar-refractivity contribution < 1.29 is 5.11 Å². The van der Waals surface area contributed by atoms with Crippen LogP contribution in [-0.2, 0) is 6.54 Å². The van der Waals surface area contributed by atoms with E-state index in [0.29, 0.717) is 6.54 Å². The van der Waals surface area contributed by atoms with Gasteiger partial charge in [0.2, 0.25) is 0 Å². The fourth-order valence-corrected chi connectivity index (χ4v) is 3.20. The number of aliphatic hydroxyl groups excluding tert-OH is 1. The van der Waals surface area contributed by atoms with Crippen molar-refractivity contribution in [3.05, 3.63) is 36.9 Å². The predicted octanol–water partition coefficient (Wildman–Crippen LogP) is 0.891. The molecule has 0 spiro atoms. The molecule has 7 heteroatoms. The highest BCUT2D eigenvalue weighted by Crippen LogP contribution is 2.25. The summed E-state index contributed by atoms with van der Waals surface area (Å²) >= 11 is 0. The van der Waals surface area contributed by atoms with Gasteiger partial charge in [0.05, 0.1) is 6.10 Å². The monoisotopic (exact) mass is 330 g/mol. The average Bonchev–Trinajstić information content (AvgIpc) is 3.17. The van der Waals surface area contributed by atoms with Crippen LogP contribution in [0, 0.1) is 0 Å². The van der Waals surface area contributed by atoms with E-state index in [2.05, 4.69) is 43.7 Å². The molecule has 0 amide bonds. The van der Waals surface area contributed by atoms with Crippen molar-refractivity contribution in [3.8, 4) is 0 Å². The van der Waals surface area contributed by atoms with Crippen LogP contribution in [0.5, 0.6) is 0 Å². The van der Waals surface area contributed by atoms with Crippen molar-refractivity contribution >= 4 is 11.6 Å². The van der Waals surface area contributed by atoms with Gasteiger partial charge in [-0.25, -0.2) is 9.97 Å². The van der Waals surface area contributed by atoms with Crippen LogP contribution < -0.4 is 10.2 Å². The third kappa shape index (κ3) is 4.24. The summed E-state index contributed by atoms with van der Waals surface area (Å²) in [6.07, 6.45) is 6.16. The van der Waals surface area contributed by atoms with Crippen molar-refractivity contribution in [2.45, 2.75) is 25.1 Å². The maximum atomic E-state index is 10.0. The number of hydrogen-bond acceptors (Lipinski definition) is 6. The lowest BCUT2D eigenvalue weighted by atomic mass is 10.2. The molecule has 2 N–H and O–H groups in total. The number of β-amino-alcohol motifs (C(OH)–C–C–N with tert-alkyl or cyclic N) is 1. The Bertz CT molecular complexity index is 630. The van der Waals surface area contributed by atoms with Gasteiger partial charge in [-0.3, -0.25) is 0 Å². The number of anilines is 2. The van der Waals surface area contributed by atoms with E-state index >= 15 is 0 Å². The van der Waals surface area contributed by atoms with Gasteiger partial charge >= 0.3 is 0 Å². The fourth-order valence-electron chi connectivity index (χ4n) is 3.20. The molecule has 2 atom stereocenters. The smallest absolute Gasteiger partial charge is 0.134 e. The molecule has 3 heterocycles. The van der Waals surface area contributed by atoms with E-state index in [9.17, 15) is 5.11 Å². The SMILES string of the molecule is CN(C)C[C@H]1C[C@@H](O)CN1c1cc(NCCn2cccc2)ncn1. The van der Waals surface area contributed by atoms with Crippen LogP contribution in [-0.4, -0.2) is 70.4 Å². The number of hydrogen-bond donors (Lipinski definition) is 2. The molecule has 0 aliphatic carbocycles. The molecule has 1 saturated heterocycles. The Morgan fingerprint density at radius 3 is 2.83 bits per heavy atom. The maximum Gasteiger partial charge on any atom is 0.134 e. The summed E-state index contributed by atoms with van der Waals surface area (Å²) in [5.41, 5.74) is 0. The topological polar surface area (TPSA) is 69.5 Å². The Balaban J connectivity index is 1.63. The van der Waals surface area contributed by atoms with Gasteiger partial charge in [0.25, 0.3) is 0 Å². The third-order valence-corrected chi connectivity index (χ3v) is 4.26. The Kier molecular flexibility index (Phi) is 5.32. The van der Waals surface area contributed by atoms with Crippen LogP contribution in [0.15, 0.2) is 36.9 Å². The molecule has 130 valence electrons. The standard InChI is InChI=1S/C17H26N6O/c1-21(2)11-14-9-15(24)12-23(14)17-10-16(19-13-20-17)18-5-8-22-6-3-4-7-22/h3-4,6-7,10,13-15,24H,5,8-9,11-12H2,1-2H3,(H,18,19,20)/t14-,15-/m1/s1. The molecule has 0 saturated carbocycles. The van der Waals surface area contributed by atoms with Crippen molar-refractivity contribution in [2.24, 2.45) is 0 Å². The molecule has 1 aliphatic heterocycles. The van der Waals surface area contributed by atoms with E-state index in [1.54, 1.807) is 6.33 Å². The Morgan fingerprint density at radius 2 is 2.08 bits per heavy atom. The van der Waals surface area contributed by atoms with E-state index in [1.165, 1.54) is 0 Å². The molecule has 1 fully saturated rings. The molecular formula is C17H26N6O. The zero-order chi connectivity index (χ0) is 16.9. The molecule has 2 aromatic heterocycles. The number of aliphatic hydroxyl groups is 1. The van der Waals surface area contributed by atoms with Gasteiger partial charge in [-0.2, -0.15) is 0 Å². The van der Waals surface area contributed by atoms with E-state index in [4.69, 9.17) is 0 Å². The molecule has 24 heavy (non-hydrogen) atoms. The van der Waals surface area contributed by atoms with Crippen molar-refractivity contribution in [3.63, 3.8) is 0 Å². The van der Waals surface area contributed by atoms with Crippen LogP contribution in [0.1, 0.15) is 6.42 Å². The second-order valence-electron chi connectivity index (χ2n) is 6.57. The molecule has 2 aromatic rings. The van der Waals surface area contributed by atoms with Gasteiger partial charge in [-0.1, -0.05) is 0 Å². The minimum absolute atomic E-state index is 0.276. The van der Waals surface area contributed by atoms with Crippen LogP contribution in [0.2, 0.25) is 0 Å². The molecule has 0 aromatic carbocycles. The molecule has 0 unspecified atom stereocenters. The summed E-state index contributed by atoms with van der Waals surface area (Å²) in [5.74, 6) is 1.69. The second kappa shape index (κ2) is 7.63. The summed E-state index contributed by atoms with van der Waals surface area (Å²) in [4.78, 5) is 13.0. The molecule has 7 nitrogen and oxygen atoms in total. The quantitative estimate of drug-likeness (QED) is 0.786. The molecular weight excluding hydrogens is 304 g/mol. The molecule has 3 rings (SSSR count). The Labute approximate surface area is 142 Å². The van der Waals surface area contributed by atoms with Gasteiger partial charge in [-0.05, 0) is 32.6 Å². The van der Waals surface area contributed by atoms with Crippen molar-refractivity contribution in [1.29, 1.82) is 0 Å². The van der Waals surface area contributed by atoms with Gasteiger partial charge in [-0.15, -0.1) is 0 Å². The van der Waals surface area contributed by atoms with E-state index < -0.39 is 0 Å². The zero-order valence-corrected chi connectivity index (χ0v) is 14.3. The largest absolute Gasteiger partial charge is 0.391 e. The highest BCUT2D eigenvalue weighted by atomic mass is 16.3. The first-order chi connectivity index (χ1) is 11.6. The highest BCUT2D eigenvalue weighted by Gasteiger charge is 2.32. The Morgan fingerprint density at radius 1 is 1.29 bits per heavy atom. The number of likely N-dealkylation sites (N-methyl/N-ethyl adjacent to an activating group) is 1. The number of nitrogens with one attached hydrogen (secondary N) is 1. The van der Waals surface area contributed by atoms with Gasteiger partial charge in [0.1, 0.15) is 18.0 Å². The molecule has 0 bridgehead atoms. The highest BCUT2D eigenvalue weighted by molar-refractivity contribution is 5.50. The predicted molar refractivity (Wildman–Crippen MR) is 95.3 cm³/mol. The first kappa shape index (κ1) is 16.7. The van der Waals surface area contributed by atoms with Crippen LogP contribution >= 0.6 is 0 Å². The average molecular weight is 330 g/mol. The summed E-state index contributed by atoms with van der Waals surface area (Å²) in [5, 5.41) is 13.4.